The molecule has 2 N–H and O–H groups in total. The van der Waals surface area contributed by atoms with Crippen LogP contribution < -0.4 is 15.6 Å². The summed E-state index contributed by atoms with van der Waals surface area (Å²) in [6.07, 6.45) is 0. The van der Waals surface area contributed by atoms with E-state index < -0.39 is 11.8 Å². The third kappa shape index (κ3) is 5.32. The number of benzene rings is 2. The highest BCUT2D eigenvalue weighted by atomic mass is 35.5. The molecular weight excluding hydrogens is 363 g/mol. The first-order valence-corrected chi connectivity index (χ1v) is 7.51. The van der Waals surface area contributed by atoms with E-state index in [1.165, 1.54) is 12.1 Å². The van der Waals surface area contributed by atoms with Crippen molar-refractivity contribution in [3.8, 4) is 5.75 Å². The molecule has 2 amide bonds. The Hall–Kier alpha value is -1.95. The van der Waals surface area contributed by atoms with Crippen LogP contribution in [0.4, 0.5) is 0 Å². The molecule has 0 atom stereocenters. The number of amides is 2. The molecule has 0 bridgehead atoms. The summed E-state index contributed by atoms with van der Waals surface area (Å²) in [6, 6.07) is 11.0. The van der Waals surface area contributed by atoms with Crippen molar-refractivity contribution < 1.29 is 14.3 Å². The highest BCUT2D eigenvalue weighted by molar-refractivity contribution is 6.35. The van der Waals surface area contributed by atoms with Crippen molar-refractivity contribution in [2.75, 3.05) is 6.61 Å². The van der Waals surface area contributed by atoms with Gasteiger partial charge in [-0.25, -0.2) is 0 Å². The van der Waals surface area contributed by atoms with Gasteiger partial charge in [0.15, 0.2) is 6.61 Å². The summed E-state index contributed by atoms with van der Waals surface area (Å²) < 4.78 is 5.23. The van der Waals surface area contributed by atoms with Crippen LogP contribution in [0.1, 0.15) is 10.4 Å². The molecule has 0 spiro atoms. The molecule has 5 nitrogen and oxygen atoms in total. The molecule has 0 aliphatic carbocycles. The van der Waals surface area contributed by atoms with Crippen molar-refractivity contribution in [1.29, 1.82) is 0 Å². The Morgan fingerprint density at radius 3 is 2.43 bits per heavy atom. The molecule has 0 saturated heterocycles. The van der Waals surface area contributed by atoms with Crippen molar-refractivity contribution >= 4 is 46.6 Å². The monoisotopic (exact) mass is 372 g/mol. The topological polar surface area (TPSA) is 67.4 Å². The first kappa shape index (κ1) is 17.4. The fraction of sp³-hybridized carbons (Fsp3) is 0.0667. The van der Waals surface area contributed by atoms with Gasteiger partial charge in [0.05, 0.1) is 10.6 Å². The molecule has 0 fully saturated rings. The minimum absolute atomic E-state index is 0.148. The highest BCUT2D eigenvalue weighted by Crippen LogP contribution is 2.20. The SMILES string of the molecule is O=C(COc1cccc(Cl)c1)NNC(=O)c1cc(Cl)ccc1Cl. The fourth-order valence-corrected chi connectivity index (χ4v) is 2.16. The standard InChI is InChI=1S/C15H11Cl3N2O3/c16-9-2-1-3-11(6-9)23-8-14(21)19-20-15(22)12-7-10(17)4-5-13(12)18/h1-7H,8H2,(H,19,21)(H,20,22). The van der Waals surface area contributed by atoms with Gasteiger partial charge in [-0.2, -0.15) is 0 Å². The van der Waals surface area contributed by atoms with Crippen LogP contribution in [-0.2, 0) is 4.79 Å². The zero-order valence-electron chi connectivity index (χ0n) is 11.6. The van der Waals surface area contributed by atoms with E-state index in [-0.39, 0.29) is 17.2 Å². The minimum Gasteiger partial charge on any atom is -0.484 e. The van der Waals surface area contributed by atoms with E-state index in [1.807, 2.05) is 0 Å². The molecule has 2 aromatic rings. The predicted octanol–water partition coefficient (Wildman–Crippen LogP) is 3.49. The highest BCUT2D eigenvalue weighted by Gasteiger charge is 2.12. The van der Waals surface area contributed by atoms with Crippen LogP contribution in [0.3, 0.4) is 0 Å². The van der Waals surface area contributed by atoms with Gasteiger partial charge in [0.1, 0.15) is 5.75 Å². The van der Waals surface area contributed by atoms with Crippen LogP contribution in [0.2, 0.25) is 15.1 Å². The van der Waals surface area contributed by atoms with Gasteiger partial charge in [-0.1, -0.05) is 40.9 Å². The molecule has 120 valence electrons. The summed E-state index contributed by atoms with van der Waals surface area (Å²) >= 11 is 17.5. The molecule has 0 aromatic heterocycles. The maximum Gasteiger partial charge on any atom is 0.276 e. The Morgan fingerprint density at radius 2 is 1.70 bits per heavy atom. The summed E-state index contributed by atoms with van der Waals surface area (Å²) in [5, 5.41) is 1.07. The summed E-state index contributed by atoms with van der Waals surface area (Å²) in [7, 11) is 0. The predicted molar refractivity (Wildman–Crippen MR) is 89.0 cm³/mol. The maximum absolute atomic E-state index is 11.9. The van der Waals surface area contributed by atoms with E-state index in [0.717, 1.165) is 0 Å². The van der Waals surface area contributed by atoms with Crippen LogP contribution >= 0.6 is 34.8 Å². The molecule has 0 aliphatic rings. The number of carbonyl (C=O) groups excluding carboxylic acids is 2. The maximum atomic E-state index is 11.9. The van der Waals surface area contributed by atoms with Gasteiger partial charge in [-0.3, -0.25) is 20.4 Å². The number of nitrogens with one attached hydrogen (secondary N) is 2. The van der Waals surface area contributed by atoms with E-state index in [0.29, 0.717) is 15.8 Å². The van der Waals surface area contributed by atoms with Crippen LogP contribution in [0, 0.1) is 0 Å². The quantitative estimate of drug-likeness (QED) is 0.806. The molecule has 0 aliphatic heterocycles. The van der Waals surface area contributed by atoms with Gasteiger partial charge >= 0.3 is 0 Å². The molecule has 8 heteroatoms. The molecule has 0 unspecified atom stereocenters. The lowest BCUT2D eigenvalue weighted by Crippen LogP contribution is -2.43. The van der Waals surface area contributed by atoms with Crippen molar-refractivity contribution in [1.82, 2.24) is 10.9 Å². The van der Waals surface area contributed by atoms with Crippen LogP contribution in [0.5, 0.6) is 5.75 Å². The van der Waals surface area contributed by atoms with Gasteiger partial charge in [-0.15, -0.1) is 0 Å². The van der Waals surface area contributed by atoms with Crippen LogP contribution in [0.15, 0.2) is 42.5 Å². The Kier molecular flexibility index (Phi) is 6.10. The average molecular weight is 374 g/mol. The molecule has 0 saturated carbocycles. The van der Waals surface area contributed by atoms with Gasteiger partial charge in [0.25, 0.3) is 11.8 Å². The second kappa shape index (κ2) is 8.06. The summed E-state index contributed by atoms with van der Waals surface area (Å²) in [5.74, 6) is -0.693. The van der Waals surface area contributed by atoms with Crippen molar-refractivity contribution in [2.45, 2.75) is 0 Å². The van der Waals surface area contributed by atoms with E-state index in [9.17, 15) is 9.59 Å². The summed E-state index contributed by atoms with van der Waals surface area (Å²) in [6.45, 7) is -0.288. The minimum atomic E-state index is -0.589. The number of halogens is 3. The number of hydrogen-bond acceptors (Lipinski definition) is 3. The number of carbonyl (C=O) groups is 2. The van der Waals surface area contributed by atoms with E-state index in [2.05, 4.69) is 10.9 Å². The first-order valence-electron chi connectivity index (χ1n) is 6.38. The second-order valence-corrected chi connectivity index (χ2v) is 5.65. The van der Waals surface area contributed by atoms with Crippen LogP contribution in [-0.4, -0.2) is 18.4 Å². The molecule has 23 heavy (non-hydrogen) atoms. The molecule has 0 heterocycles. The van der Waals surface area contributed by atoms with Crippen LogP contribution in [0.25, 0.3) is 0 Å². The van der Waals surface area contributed by atoms with E-state index in [1.54, 1.807) is 30.3 Å². The molecule has 2 aromatic carbocycles. The van der Waals surface area contributed by atoms with Gasteiger partial charge in [-0.05, 0) is 36.4 Å². The number of hydrogen-bond donors (Lipinski definition) is 2. The van der Waals surface area contributed by atoms with Crippen molar-refractivity contribution in [3.05, 3.63) is 63.1 Å². The smallest absolute Gasteiger partial charge is 0.276 e. The molecule has 0 radical (unpaired) electrons. The van der Waals surface area contributed by atoms with Crippen molar-refractivity contribution in [3.63, 3.8) is 0 Å². The summed E-state index contributed by atoms with van der Waals surface area (Å²) in [4.78, 5) is 23.6. The lowest BCUT2D eigenvalue weighted by molar-refractivity contribution is -0.123. The third-order valence-corrected chi connectivity index (χ3v) is 3.45. The average Bonchev–Trinajstić information content (AvgIpc) is 2.53. The van der Waals surface area contributed by atoms with E-state index in [4.69, 9.17) is 39.5 Å². The number of ether oxygens (including phenoxy) is 1. The normalized spacial score (nSPS) is 10.0. The zero-order chi connectivity index (χ0) is 16.8. The Bertz CT molecular complexity index is 738. The summed E-state index contributed by atoms with van der Waals surface area (Å²) in [5.41, 5.74) is 4.59. The molecular formula is C15H11Cl3N2O3. The number of rotatable bonds is 4. The lowest BCUT2D eigenvalue weighted by atomic mass is 10.2. The first-order chi connectivity index (χ1) is 11.0. The van der Waals surface area contributed by atoms with Crippen molar-refractivity contribution in [2.24, 2.45) is 0 Å². The van der Waals surface area contributed by atoms with Gasteiger partial charge < -0.3 is 4.74 Å². The number of hydrazine groups is 1. The van der Waals surface area contributed by atoms with E-state index >= 15 is 0 Å². The lowest BCUT2D eigenvalue weighted by Gasteiger charge is -2.10. The zero-order valence-corrected chi connectivity index (χ0v) is 13.9. The second-order valence-electron chi connectivity index (χ2n) is 4.37. The third-order valence-electron chi connectivity index (χ3n) is 2.65. The van der Waals surface area contributed by atoms with Gasteiger partial charge in [0.2, 0.25) is 0 Å². The Labute approximate surface area is 147 Å². The van der Waals surface area contributed by atoms with Gasteiger partial charge in [0, 0.05) is 10.0 Å². The Morgan fingerprint density at radius 1 is 0.957 bits per heavy atom. The molecule has 2 rings (SSSR count). The fourth-order valence-electron chi connectivity index (χ4n) is 1.61. The largest absolute Gasteiger partial charge is 0.484 e. The Balaban J connectivity index is 1.84.